The first kappa shape index (κ1) is 11.6. The summed E-state index contributed by atoms with van der Waals surface area (Å²) in [4.78, 5) is 1.38. The minimum atomic E-state index is 0.203. The first-order valence-electron chi connectivity index (χ1n) is 4.90. The Labute approximate surface area is 91.3 Å². The fourth-order valence-corrected chi connectivity index (χ4v) is 2.52. The van der Waals surface area contributed by atoms with Crippen molar-refractivity contribution in [3.8, 4) is 0 Å². The smallest absolute Gasteiger partial charge is 0.0107 e. The van der Waals surface area contributed by atoms with Gasteiger partial charge in [-0.2, -0.15) is 0 Å². The molecule has 1 aromatic carbocycles. The summed E-state index contributed by atoms with van der Waals surface area (Å²) in [5.41, 5.74) is 1.64. The number of thioether (sulfide) groups is 1. The van der Waals surface area contributed by atoms with Crippen LogP contribution in [0.1, 0.15) is 19.4 Å². The topological polar surface area (TPSA) is 12.0 Å². The van der Waals surface area contributed by atoms with Crippen molar-refractivity contribution in [1.29, 1.82) is 0 Å². The van der Waals surface area contributed by atoms with Crippen LogP contribution in [0.5, 0.6) is 0 Å². The molecule has 0 amide bonds. The largest absolute Gasteiger partial charge is 0.319 e. The molecule has 0 unspecified atom stereocenters. The van der Waals surface area contributed by atoms with Gasteiger partial charge in [-0.05, 0) is 24.9 Å². The molecule has 0 saturated carbocycles. The molecule has 0 aliphatic carbocycles. The summed E-state index contributed by atoms with van der Waals surface area (Å²) < 4.78 is 0. The third-order valence-electron chi connectivity index (χ3n) is 2.45. The van der Waals surface area contributed by atoms with Gasteiger partial charge in [0.15, 0.2) is 0 Å². The van der Waals surface area contributed by atoms with Crippen LogP contribution in [-0.2, 0) is 5.41 Å². The molecular weight excluding hydrogens is 190 g/mol. The molecule has 1 N–H and O–H groups in total. The summed E-state index contributed by atoms with van der Waals surface area (Å²) >= 11 is 1.82. The van der Waals surface area contributed by atoms with E-state index in [1.807, 2.05) is 18.8 Å². The van der Waals surface area contributed by atoms with Crippen LogP contribution in [0.2, 0.25) is 0 Å². The summed E-state index contributed by atoms with van der Waals surface area (Å²) in [5, 5.41) is 3.25. The third kappa shape index (κ3) is 2.52. The molecule has 0 spiro atoms. The van der Waals surface area contributed by atoms with Crippen LogP contribution in [-0.4, -0.2) is 19.8 Å². The lowest BCUT2D eigenvalue weighted by Crippen LogP contribution is -2.31. The van der Waals surface area contributed by atoms with E-state index in [1.165, 1.54) is 10.5 Å². The van der Waals surface area contributed by atoms with E-state index >= 15 is 0 Å². The van der Waals surface area contributed by atoms with E-state index in [1.54, 1.807) is 0 Å². The van der Waals surface area contributed by atoms with E-state index in [0.29, 0.717) is 0 Å². The molecule has 0 aliphatic rings. The van der Waals surface area contributed by atoms with Crippen molar-refractivity contribution >= 4 is 11.8 Å². The molecule has 1 nitrogen and oxygen atoms in total. The summed E-state index contributed by atoms with van der Waals surface area (Å²) in [7, 11) is 2.00. The highest BCUT2D eigenvalue weighted by molar-refractivity contribution is 7.98. The molecule has 0 aromatic heterocycles. The summed E-state index contributed by atoms with van der Waals surface area (Å²) in [5.74, 6) is 0. The Morgan fingerprint density at radius 1 is 1.29 bits per heavy atom. The zero-order valence-corrected chi connectivity index (χ0v) is 10.2. The molecule has 1 rings (SSSR count). The zero-order valence-electron chi connectivity index (χ0n) is 9.42. The van der Waals surface area contributed by atoms with Crippen molar-refractivity contribution in [3.05, 3.63) is 29.8 Å². The van der Waals surface area contributed by atoms with E-state index in [2.05, 4.69) is 49.7 Å². The molecule has 2 heteroatoms. The highest BCUT2D eigenvalue weighted by atomic mass is 32.2. The number of rotatable bonds is 4. The van der Waals surface area contributed by atoms with Crippen LogP contribution in [0, 0.1) is 0 Å². The fourth-order valence-electron chi connectivity index (χ4n) is 1.74. The maximum atomic E-state index is 3.25. The summed E-state index contributed by atoms with van der Waals surface area (Å²) in [6.07, 6.45) is 2.13. The second-order valence-corrected chi connectivity index (χ2v) is 4.96. The quantitative estimate of drug-likeness (QED) is 0.765. The maximum absolute atomic E-state index is 3.25. The van der Waals surface area contributed by atoms with Crippen LogP contribution in [0.3, 0.4) is 0 Å². The molecule has 0 heterocycles. The van der Waals surface area contributed by atoms with Gasteiger partial charge in [0.2, 0.25) is 0 Å². The Bertz CT molecular complexity index is 294. The SMILES string of the molecule is CNCC(C)(C)c1ccccc1SC. The van der Waals surface area contributed by atoms with Crippen molar-refractivity contribution in [2.24, 2.45) is 0 Å². The molecular formula is C12H19NS. The second-order valence-electron chi connectivity index (χ2n) is 4.11. The highest BCUT2D eigenvalue weighted by Crippen LogP contribution is 2.30. The maximum Gasteiger partial charge on any atom is 0.0107 e. The standard InChI is InChI=1S/C12H19NS/c1-12(2,9-13-3)10-7-5-6-8-11(10)14-4/h5-8,13H,9H2,1-4H3. The Morgan fingerprint density at radius 2 is 1.93 bits per heavy atom. The predicted octanol–water partition coefficient (Wildman–Crippen LogP) is 2.91. The van der Waals surface area contributed by atoms with Gasteiger partial charge in [-0.25, -0.2) is 0 Å². The normalized spacial score (nSPS) is 11.7. The molecule has 0 aliphatic heterocycles. The van der Waals surface area contributed by atoms with Gasteiger partial charge >= 0.3 is 0 Å². The van der Waals surface area contributed by atoms with Gasteiger partial charge in [0.1, 0.15) is 0 Å². The van der Waals surface area contributed by atoms with Crippen LogP contribution >= 0.6 is 11.8 Å². The first-order chi connectivity index (χ1) is 6.61. The summed E-state index contributed by atoms with van der Waals surface area (Å²) in [6, 6.07) is 8.64. The summed E-state index contributed by atoms with van der Waals surface area (Å²) in [6.45, 7) is 5.56. The number of hydrogen-bond donors (Lipinski definition) is 1. The van der Waals surface area contributed by atoms with Crippen molar-refractivity contribution in [2.75, 3.05) is 19.8 Å². The van der Waals surface area contributed by atoms with E-state index in [-0.39, 0.29) is 5.41 Å². The Hall–Kier alpha value is -0.470. The van der Waals surface area contributed by atoms with Crippen molar-refractivity contribution in [3.63, 3.8) is 0 Å². The lowest BCUT2D eigenvalue weighted by Gasteiger charge is -2.27. The van der Waals surface area contributed by atoms with Crippen molar-refractivity contribution in [2.45, 2.75) is 24.2 Å². The number of benzene rings is 1. The Morgan fingerprint density at radius 3 is 2.50 bits per heavy atom. The van der Waals surface area contributed by atoms with Crippen LogP contribution < -0.4 is 5.32 Å². The lowest BCUT2D eigenvalue weighted by molar-refractivity contribution is 0.486. The van der Waals surface area contributed by atoms with Gasteiger partial charge in [0.05, 0.1) is 0 Å². The fraction of sp³-hybridized carbons (Fsp3) is 0.500. The average molecular weight is 209 g/mol. The van der Waals surface area contributed by atoms with E-state index in [4.69, 9.17) is 0 Å². The van der Waals surface area contributed by atoms with E-state index in [9.17, 15) is 0 Å². The average Bonchev–Trinajstić information content (AvgIpc) is 2.18. The van der Waals surface area contributed by atoms with Crippen molar-refractivity contribution < 1.29 is 0 Å². The minimum Gasteiger partial charge on any atom is -0.319 e. The van der Waals surface area contributed by atoms with Crippen LogP contribution in [0.4, 0.5) is 0 Å². The Kier molecular flexibility index (Phi) is 4.02. The van der Waals surface area contributed by atoms with Gasteiger partial charge in [-0.1, -0.05) is 32.0 Å². The predicted molar refractivity (Wildman–Crippen MR) is 65.2 cm³/mol. The van der Waals surface area contributed by atoms with Crippen LogP contribution in [0.25, 0.3) is 0 Å². The molecule has 0 atom stereocenters. The molecule has 1 aromatic rings. The lowest BCUT2D eigenvalue weighted by atomic mass is 9.84. The van der Waals surface area contributed by atoms with E-state index < -0.39 is 0 Å². The van der Waals surface area contributed by atoms with Crippen LogP contribution in [0.15, 0.2) is 29.2 Å². The van der Waals surface area contributed by atoms with Gasteiger partial charge in [0.25, 0.3) is 0 Å². The van der Waals surface area contributed by atoms with Gasteiger partial charge in [0, 0.05) is 16.9 Å². The second kappa shape index (κ2) is 4.85. The molecule has 78 valence electrons. The molecule has 0 radical (unpaired) electrons. The molecule has 0 fully saturated rings. The minimum absolute atomic E-state index is 0.203. The Balaban J connectivity index is 3.04. The number of hydrogen-bond acceptors (Lipinski definition) is 2. The van der Waals surface area contributed by atoms with E-state index in [0.717, 1.165) is 6.54 Å². The molecule has 0 bridgehead atoms. The highest BCUT2D eigenvalue weighted by Gasteiger charge is 2.21. The molecule has 14 heavy (non-hydrogen) atoms. The van der Waals surface area contributed by atoms with Gasteiger partial charge < -0.3 is 5.32 Å². The monoisotopic (exact) mass is 209 g/mol. The van der Waals surface area contributed by atoms with Gasteiger partial charge in [-0.3, -0.25) is 0 Å². The first-order valence-corrected chi connectivity index (χ1v) is 6.12. The molecule has 0 saturated heterocycles. The number of likely N-dealkylation sites (N-methyl/N-ethyl adjacent to an activating group) is 1. The third-order valence-corrected chi connectivity index (χ3v) is 3.25. The van der Waals surface area contributed by atoms with Crippen molar-refractivity contribution in [1.82, 2.24) is 5.32 Å². The number of nitrogens with one attached hydrogen (secondary N) is 1. The zero-order chi connectivity index (χ0) is 10.6. The van der Waals surface area contributed by atoms with Gasteiger partial charge in [-0.15, -0.1) is 11.8 Å².